The fourth-order valence-corrected chi connectivity index (χ4v) is 5.46. The zero-order valence-electron chi connectivity index (χ0n) is 20.8. The molecule has 10 heteroatoms. The van der Waals surface area contributed by atoms with Gasteiger partial charge in [-0.25, -0.2) is 9.59 Å². The summed E-state index contributed by atoms with van der Waals surface area (Å²) in [6.45, 7) is 1.76. The summed E-state index contributed by atoms with van der Waals surface area (Å²) in [5, 5.41) is 0. The van der Waals surface area contributed by atoms with Crippen LogP contribution in [0.2, 0.25) is 0 Å². The van der Waals surface area contributed by atoms with Crippen LogP contribution in [0.25, 0.3) is 17.5 Å². The molecule has 0 aliphatic carbocycles. The Morgan fingerprint density at radius 2 is 1.62 bits per heavy atom. The number of thiazole rings is 1. The van der Waals surface area contributed by atoms with E-state index in [2.05, 4.69) is 0 Å². The zero-order chi connectivity index (χ0) is 26.7. The number of methoxy groups -OCH3 is 3. The van der Waals surface area contributed by atoms with Gasteiger partial charge in [0, 0.05) is 11.1 Å². The van der Waals surface area contributed by atoms with Crippen LogP contribution in [0.3, 0.4) is 0 Å². The Morgan fingerprint density at radius 3 is 2.27 bits per heavy atom. The number of carbonyl (C=O) groups is 2. The van der Waals surface area contributed by atoms with Crippen molar-refractivity contribution in [1.29, 1.82) is 0 Å². The summed E-state index contributed by atoms with van der Waals surface area (Å²) in [5.41, 5.74) is 7.18. The van der Waals surface area contributed by atoms with Crippen LogP contribution >= 0.6 is 11.3 Å². The molecule has 2 N–H and O–H groups in total. The van der Waals surface area contributed by atoms with Crippen LogP contribution in [0.15, 0.2) is 58.9 Å². The molecule has 0 saturated carbocycles. The summed E-state index contributed by atoms with van der Waals surface area (Å²) in [6.07, 6.45) is 1.66. The number of carbonyl (C=O) groups excluding carboxylic acids is 2. The number of ether oxygens (including phenoxy) is 4. The maximum absolute atomic E-state index is 13.6. The molecule has 0 bridgehead atoms. The Kier molecular flexibility index (Phi) is 7.49. The van der Waals surface area contributed by atoms with Gasteiger partial charge in [-0.1, -0.05) is 36.4 Å². The molecule has 0 fully saturated rings. The van der Waals surface area contributed by atoms with Crippen molar-refractivity contribution in [3.05, 3.63) is 84.8 Å². The van der Waals surface area contributed by atoms with E-state index in [1.807, 2.05) is 12.1 Å². The van der Waals surface area contributed by atoms with Crippen LogP contribution in [0.5, 0.6) is 11.5 Å². The van der Waals surface area contributed by atoms with E-state index < -0.39 is 23.4 Å². The highest BCUT2D eigenvalue weighted by Crippen LogP contribution is 2.41. The molecule has 2 aromatic carbocycles. The van der Waals surface area contributed by atoms with Gasteiger partial charge in [0.25, 0.3) is 5.56 Å². The third kappa shape index (κ3) is 4.51. The van der Waals surface area contributed by atoms with Crippen molar-refractivity contribution >= 4 is 40.7 Å². The van der Waals surface area contributed by atoms with Crippen LogP contribution < -0.4 is 30.0 Å². The molecule has 2 heterocycles. The molecule has 192 valence electrons. The molecular formula is C27H26N2O7S. The summed E-state index contributed by atoms with van der Waals surface area (Å²) >= 11 is 1.07. The molecule has 1 aliphatic heterocycles. The second-order valence-electron chi connectivity index (χ2n) is 7.90. The lowest BCUT2D eigenvalue weighted by atomic mass is 9.82. The monoisotopic (exact) mass is 522 g/mol. The van der Waals surface area contributed by atoms with Gasteiger partial charge in [-0.2, -0.15) is 0 Å². The van der Waals surface area contributed by atoms with Gasteiger partial charge in [0.05, 0.1) is 49.5 Å². The number of nitrogens with two attached hydrogens (primary N) is 1. The summed E-state index contributed by atoms with van der Waals surface area (Å²) in [7, 11) is 4.23. The third-order valence-corrected chi connectivity index (χ3v) is 7.03. The van der Waals surface area contributed by atoms with E-state index >= 15 is 0 Å². The zero-order valence-corrected chi connectivity index (χ0v) is 21.6. The lowest BCUT2D eigenvalue weighted by molar-refractivity contribution is -0.136. The lowest BCUT2D eigenvalue weighted by Gasteiger charge is -2.27. The number of aromatic nitrogens is 1. The first-order valence-corrected chi connectivity index (χ1v) is 12.2. The highest BCUT2D eigenvalue weighted by Gasteiger charge is 2.41. The van der Waals surface area contributed by atoms with E-state index in [4.69, 9.17) is 24.7 Å². The first-order chi connectivity index (χ1) is 17.9. The third-order valence-electron chi connectivity index (χ3n) is 5.92. The van der Waals surface area contributed by atoms with Gasteiger partial charge in [0.15, 0.2) is 0 Å². The predicted molar refractivity (Wildman–Crippen MR) is 140 cm³/mol. The van der Waals surface area contributed by atoms with Crippen molar-refractivity contribution in [3.8, 4) is 11.5 Å². The van der Waals surface area contributed by atoms with Crippen LogP contribution in [0.1, 0.15) is 24.0 Å². The number of benzene rings is 2. The van der Waals surface area contributed by atoms with Crippen molar-refractivity contribution < 1.29 is 28.5 Å². The minimum absolute atomic E-state index is 0.0636. The maximum Gasteiger partial charge on any atom is 0.338 e. The van der Waals surface area contributed by atoms with Gasteiger partial charge < -0.3 is 24.7 Å². The first kappa shape index (κ1) is 25.8. The lowest BCUT2D eigenvalue weighted by Crippen LogP contribution is -2.41. The Morgan fingerprint density at radius 1 is 0.973 bits per heavy atom. The van der Waals surface area contributed by atoms with Crippen LogP contribution in [0, 0.1) is 0 Å². The number of fused-ring (bicyclic) bond motifs is 1. The normalized spacial score (nSPS) is 15.3. The minimum Gasteiger partial charge on any atom is -0.496 e. The van der Waals surface area contributed by atoms with Crippen LogP contribution in [-0.4, -0.2) is 44.4 Å². The van der Waals surface area contributed by atoms with Crippen molar-refractivity contribution in [2.45, 2.75) is 12.8 Å². The Balaban J connectivity index is 2.16. The van der Waals surface area contributed by atoms with Gasteiger partial charge in [0.1, 0.15) is 22.0 Å². The topological polar surface area (TPSA) is 119 Å². The summed E-state index contributed by atoms with van der Waals surface area (Å²) in [4.78, 5) is 40.1. The fraction of sp³-hybridized carbons (Fsp3) is 0.222. The molecule has 4 rings (SSSR count). The highest BCUT2D eigenvalue weighted by molar-refractivity contribution is 7.07. The summed E-state index contributed by atoms with van der Waals surface area (Å²) < 4.78 is 23.1. The van der Waals surface area contributed by atoms with Crippen molar-refractivity contribution in [2.75, 3.05) is 27.9 Å². The van der Waals surface area contributed by atoms with E-state index in [0.717, 1.165) is 15.9 Å². The van der Waals surface area contributed by atoms with Gasteiger partial charge in [-0.05, 0) is 25.1 Å². The quantitative estimate of drug-likeness (QED) is 0.465. The van der Waals surface area contributed by atoms with Gasteiger partial charge in [0.2, 0.25) is 0 Å². The first-order valence-electron chi connectivity index (χ1n) is 11.4. The predicted octanol–water partition coefficient (Wildman–Crippen LogP) is 1.57. The Labute approximate surface area is 216 Å². The number of para-hydroxylation sites is 2. The van der Waals surface area contributed by atoms with E-state index in [9.17, 15) is 14.4 Å². The number of hydrogen-bond acceptors (Lipinski definition) is 9. The second kappa shape index (κ2) is 10.8. The Bertz CT molecular complexity index is 1580. The van der Waals surface area contributed by atoms with Crippen LogP contribution in [-0.2, 0) is 19.1 Å². The molecule has 1 aliphatic rings. The average molecular weight is 523 g/mol. The van der Waals surface area contributed by atoms with Crippen molar-refractivity contribution in [1.82, 2.24) is 4.57 Å². The average Bonchev–Trinajstić information content (AvgIpc) is 3.23. The molecule has 37 heavy (non-hydrogen) atoms. The van der Waals surface area contributed by atoms with E-state index in [1.54, 1.807) is 49.4 Å². The number of hydrogen-bond donors (Lipinski definition) is 1. The summed E-state index contributed by atoms with van der Waals surface area (Å²) in [6, 6.07) is 14.2. The molecule has 0 spiro atoms. The summed E-state index contributed by atoms with van der Waals surface area (Å²) in [5.74, 6) is -1.61. The minimum atomic E-state index is -1.00. The standard InChI is InChI=1S/C27H26N2O7S/c1-5-36-27(32)22-20(16-11-7-9-13-18(16)34-3)21(26(31)35-4)23(28)29-24(30)19(37-25(22)29)14-15-10-6-8-12-17(15)33-2/h6-14,20H,5,28H2,1-4H3/b19-14-/t20-/m1/s1. The van der Waals surface area contributed by atoms with Crippen LogP contribution in [0.4, 0.5) is 0 Å². The number of rotatable bonds is 7. The van der Waals surface area contributed by atoms with E-state index in [-0.39, 0.29) is 32.8 Å². The second-order valence-corrected chi connectivity index (χ2v) is 8.93. The Hall–Kier alpha value is -4.31. The molecule has 0 unspecified atom stereocenters. The SMILES string of the molecule is CCOC(=O)C1=c2s/c(=C\c3ccccc3OC)c(=O)n2C(N)=C(C(=O)OC)[C@H]1c1ccccc1OC. The molecule has 9 nitrogen and oxygen atoms in total. The molecule has 1 aromatic heterocycles. The molecule has 0 amide bonds. The van der Waals surface area contributed by atoms with E-state index in [1.165, 1.54) is 21.3 Å². The van der Waals surface area contributed by atoms with Gasteiger partial charge in [-0.3, -0.25) is 9.36 Å². The number of esters is 2. The van der Waals surface area contributed by atoms with Crippen molar-refractivity contribution in [2.24, 2.45) is 5.73 Å². The van der Waals surface area contributed by atoms with Gasteiger partial charge >= 0.3 is 11.9 Å². The molecule has 0 radical (unpaired) electrons. The molecular weight excluding hydrogens is 496 g/mol. The highest BCUT2D eigenvalue weighted by atomic mass is 32.1. The molecule has 3 aromatic rings. The smallest absolute Gasteiger partial charge is 0.338 e. The molecule has 1 atom stereocenters. The fourth-order valence-electron chi connectivity index (χ4n) is 4.31. The van der Waals surface area contributed by atoms with Gasteiger partial charge in [-0.15, -0.1) is 11.3 Å². The largest absolute Gasteiger partial charge is 0.496 e. The van der Waals surface area contributed by atoms with E-state index in [0.29, 0.717) is 22.6 Å². The maximum atomic E-state index is 13.6. The van der Waals surface area contributed by atoms with Crippen molar-refractivity contribution in [3.63, 3.8) is 0 Å². The number of nitrogens with zero attached hydrogens (tertiary/aromatic N) is 1. The molecule has 0 saturated heterocycles.